The second-order valence-electron chi connectivity index (χ2n) is 5.86. The first kappa shape index (κ1) is 25.0. The molecule has 0 saturated carbocycles. The van der Waals surface area contributed by atoms with Gasteiger partial charge in [-0.3, -0.25) is 4.99 Å². The highest BCUT2D eigenvalue weighted by molar-refractivity contribution is 14.0. The van der Waals surface area contributed by atoms with Crippen molar-refractivity contribution >= 4 is 63.2 Å². The van der Waals surface area contributed by atoms with Gasteiger partial charge >= 0.3 is 0 Å². The second kappa shape index (κ2) is 11.2. The number of sulfonamides is 1. The first-order valence-electron chi connectivity index (χ1n) is 8.15. The lowest BCUT2D eigenvalue weighted by Crippen LogP contribution is -2.38. The fourth-order valence-electron chi connectivity index (χ4n) is 2.46. The molecule has 2 aromatic carbocycles. The molecule has 0 fully saturated rings. The Kier molecular flexibility index (Phi) is 9.99. The molecule has 10 heteroatoms. The van der Waals surface area contributed by atoms with Crippen LogP contribution < -0.4 is 10.0 Å². The minimum Gasteiger partial charge on any atom is -0.352 e. The van der Waals surface area contributed by atoms with Crippen LogP contribution in [0.1, 0.15) is 11.1 Å². The predicted molar refractivity (Wildman–Crippen MR) is 126 cm³/mol. The summed E-state index contributed by atoms with van der Waals surface area (Å²) >= 11 is 12.0. The maximum atomic E-state index is 11.8. The van der Waals surface area contributed by atoms with Crippen LogP contribution in [-0.4, -0.2) is 40.4 Å². The fourth-order valence-corrected chi connectivity index (χ4v) is 3.51. The quantitative estimate of drug-likeness (QED) is 0.323. The van der Waals surface area contributed by atoms with Crippen molar-refractivity contribution in [3.63, 3.8) is 0 Å². The van der Waals surface area contributed by atoms with Gasteiger partial charge in [0.05, 0.1) is 14.9 Å². The van der Waals surface area contributed by atoms with E-state index < -0.39 is 10.0 Å². The first-order chi connectivity index (χ1) is 12.8. The summed E-state index contributed by atoms with van der Waals surface area (Å²) in [4.78, 5) is 6.46. The van der Waals surface area contributed by atoms with Crippen molar-refractivity contribution in [2.45, 2.75) is 18.0 Å². The average Bonchev–Trinajstić information content (AvgIpc) is 2.65. The van der Waals surface area contributed by atoms with Crippen LogP contribution in [-0.2, 0) is 23.1 Å². The summed E-state index contributed by atoms with van der Waals surface area (Å²) in [5.41, 5.74) is 1.95. The molecular formula is C18H23Cl2IN4O2S. The van der Waals surface area contributed by atoms with Gasteiger partial charge in [-0.15, -0.1) is 24.0 Å². The molecule has 0 aliphatic heterocycles. The van der Waals surface area contributed by atoms with Crippen LogP contribution in [0.5, 0.6) is 0 Å². The van der Waals surface area contributed by atoms with Crippen LogP contribution in [0.3, 0.4) is 0 Å². The van der Waals surface area contributed by atoms with Gasteiger partial charge in [0.1, 0.15) is 0 Å². The van der Waals surface area contributed by atoms with Gasteiger partial charge in [0.15, 0.2) is 5.96 Å². The van der Waals surface area contributed by atoms with Gasteiger partial charge < -0.3 is 10.2 Å². The molecule has 0 radical (unpaired) electrons. The van der Waals surface area contributed by atoms with Gasteiger partial charge in [-0.05, 0) is 42.4 Å². The lowest BCUT2D eigenvalue weighted by atomic mass is 10.2. The van der Waals surface area contributed by atoms with Gasteiger partial charge in [-0.1, -0.05) is 41.4 Å². The number of nitrogens with one attached hydrogen (secondary N) is 2. The van der Waals surface area contributed by atoms with Crippen molar-refractivity contribution in [1.29, 1.82) is 0 Å². The van der Waals surface area contributed by atoms with Gasteiger partial charge in [0.25, 0.3) is 0 Å². The van der Waals surface area contributed by atoms with Crippen molar-refractivity contribution in [3.8, 4) is 0 Å². The molecule has 2 N–H and O–H groups in total. The zero-order chi connectivity index (χ0) is 20.0. The van der Waals surface area contributed by atoms with E-state index in [2.05, 4.69) is 15.0 Å². The Bertz CT molecular complexity index is 922. The number of aliphatic imine (C=N–C) groups is 1. The number of benzene rings is 2. The van der Waals surface area contributed by atoms with E-state index in [9.17, 15) is 8.42 Å². The van der Waals surface area contributed by atoms with E-state index in [1.165, 1.54) is 7.05 Å². The van der Waals surface area contributed by atoms with Gasteiger partial charge in [0, 0.05) is 27.2 Å². The predicted octanol–water partition coefficient (Wildman–Crippen LogP) is 3.73. The molecule has 0 amide bonds. The van der Waals surface area contributed by atoms with Crippen molar-refractivity contribution in [1.82, 2.24) is 14.9 Å². The molecule has 6 nitrogen and oxygen atoms in total. The third-order valence-corrected chi connectivity index (χ3v) is 6.10. The maximum Gasteiger partial charge on any atom is 0.240 e. The summed E-state index contributed by atoms with van der Waals surface area (Å²) in [6.07, 6.45) is 0. The lowest BCUT2D eigenvalue weighted by Gasteiger charge is -2.22. The maximum absolute atomic E-state index is 11.8. The molecule has 0 aliphatic carbocycles. The standard InChI is InChI=1S/C18H22Cl2N4O2S.HI/c1-21-18(24(3)12-14-6-9-16(19)17(20)10-14)23-11-13-4-7-15(8-5-13)27(25,26)22-2;/h4-10,22H,11-12H2,1-3H3,(H,21,23);1H. The average molecular weight is 557 g/mol. The SMILES string of the molecule is CN=C(NCc1ccc(S(=O)(=O)NC)cc1)N(C)Cc1ccc(Cl)c(Cl)c1.I. The van der Waals surface area contributed by atoms with Crippen molar-refractivity contribution < 1.29 is 8.42 Å². The van der Waals surface area contributed by atoms with Crippen molar-refractivity contribution in [2.24, 2.45) is 4.99 Å². The molecule has 2 aromatic rings. The Morgan fingerprint density at radius 3 is 2.21 bits per heavy atom. The summed E-state index contributed by atoms with van der Waals surface area (Å²) < 4.78 is 25.8. The highest BCUT2D eigenvalue weighted by Crippen LogP contribution is 2.23. The molecule has 0 aromatic heterocycles. The van der Waals surface area contributed by atoms with Gasteiger partial charge in [0.2, 0.25) is 10.0 Å². The highest BCUT2D eigenvalue weighted by Gasteiger charge is 2.11. The Labute approximate surface area is 193 Å². The summed E-state index contributed by atoms with van der Waals surface area (Å²) in [7, 11) is 1.58. The summed E-state index contributed by atoms with van der Waals surface area (Å²) in [5, 5.41) is 4.29. The topological polar surface area (TPSA) is 73.8 Å². The lowest BCUT2D eigenvalue weighted by molar-refractivity contribution is 0.476. The highest BCUT2D eigenvalue weighted by atomic mass is 127. The second-order valence-corrected chi connectivity index (χ2v) is 8.56. The Balaban J connectivity index is 0.00000392. The van der Waals surface area contributed by atoms with Crippen molar-refractivity contribution in [2.75, 3.05) is 21.1 Å². The van der Waals surface area contributed by atoms with E-state index in [0.29, 0.717) is 29.1 Å². The summed E-state index contributed by atoms with van der Waals surface area (Å²) in [6.45, 7) is 1.12. The zero-order valence-corrected chi connectivity index (χ0v) is 20.4. The van der Waals surface area contributed by atoms with E-state index in [4.69, 9.17) is 23.2 Å². The van der Waals surface area contributed by atoms with Gasteiger partial charge in [-0.2, -0.15) is 0 Å². The summed E-state index contributed by atoms with van der Waals surface area (Å²) in [6, 6.07) is 12.2. The number of hydrogen-bond acceptors (Lipinski definition) is 3. The van der Waals surface area contributed by atoms with Crippen molar-refractivity contribution in [3.05, 3.63) is 63.6 Å². The fraction of sp³-hybridized carbons (Fsp3) is 0.278. The number of guanidine groups is 1. The van der Waals surface area contributed by atoms with E-state index >= 15 is 0 Å². The third-order valence-electron chi connectivity index (χ3n) is 3.93. The molecule has 0 atom stereocenters. The number of rotatable bonds is 6. The largest absolute Gasteiger partial charge is 0.352 e. The van der Waals surface area contributed by atoms with E-state index in [1.807, 2.05) is 24.1 Å². The van der Waals surface area contributed by atoms with Crippen LogP contribution in [0.15, 0.2) is 52.4 Å². The molecule has 0 heterocycles. The van der Waals surface area contributed by atoms with Crippen LogP contribution in [0, 0.1) is 0 Å². The van der Waals surface area contributed by atoms with Crippen LogP contribution in [0.4, 0.5) is 0 Å². The smallest absolute Gasteiger partial charge is 0.240 e. The Hall–Kier alpha value is -1.07. The Morgan fingerprint density at radius 2 is 1.68 bits per heavy atom. The molecular weight excluding hydrogens is 534 g/mol. The number of halogens is 3. The number of hydrogen-bond donors (Lipinski definition) is 2. The van der Waals surface area contributed by atoms with Crippen LogP contribution in [0.25, 0.3) is 0 Å². The molecule has 0 spiro atoms. The molecule has 2 rings (SSSR count). The minimum absolute atomic E-state index is 0. The third kappa shape index (κ3) is 6.77. The minimum atomic E-state index is -3.43. The monoisotopic (exact) mass is 556 g/mol. The van der Waals surface area contributed by atoms with E-state index in [1.54, 1.807) is 37.4 Å². The van der Waals surface area contributed by atoms with Crippen LogP contribution in [0.2, 0.25) is 10.0 Å². The Morgan fingerprint density at radius 1 is 1.07 bits per heavy atom. The normalized spacial score (nSPS) is 11.7. The molecule has 0 bridgehead atoms. The molecule has 0 aliphatic rings. The van der Waals surface area contributed by atoms with Crippen LogP contribution >= 0.6 is 47.2 Å². The zero-order valence-electron chi connectivity index (χ0n) is 15.7. The molecule has 28 heavy (non-hydrogen) atoms. The molecule has 0 unspecified atom stereocenters. The van der Waals surface area contributed by atoms with Gasteiger partial charge in [-0.25, -0.2) is 13.1 Å². The molecule has 0 saturated heterocycles. The number of nitrogens with zero attached hydrogens (tertiary/aromatic N) is 2. The molecule has 154 valence electrons. The summed E-state index contributed by atoms with van der Waals surface area (Å²) in [5.74, 6) is 0.702. The first-order valence-corrected chi connectivity index (χ1v) is 10.4. The van der Waals surface area contributed by atoms with E-state index in [-0.39, 0.29) is 28.9 Å². The van der Waals surface area contributed by atoms with E-state index in [0.717, 1.165) is 11.1 Å².